The number of hydrogen-bond acceptors (Lipinski definition) is 4. The zero-order valence-electron chi connectivity index (χ0n) is 10.1. The van der Waals surface area contributed by atoms with E-state index in [1.54, 1.807) is 6.92 Å². The molecule has 106 valence electrons. The van der Waals surface area contributed by atoms with Gasteiger partial charge in [0, 0.05) is 0 Å². The van der Waals surface area contributed by atoms with Gasteiger partial charge in [0.1, 0.15) is 0 Å². The third-order valence-corrected chi connectivity index (χ3v) is 3.36. The maximum atomic E-state index is 12.5. The minimum atomic E-state index is -4.41. The van der Waals surface area contributed by atoms with Crippen LogP contribution in [0.1, 0.15) is 10.6 Å². The fourth-order valence-corrected chi connectivity index (χ4v) is 2.41. The van der Waals surface area contributed by atoms with Crippen molar-refractivity contribution >= 4 is 17.5 Å². The van der Waals surface area contributed by atoms with E-state index in [2.05, 4.69) is 9.72 Å². The van der Waals surface area contributed by atoms with E-state index in [0.29, 0.717) is 15.4 Å². The lowest BCUT2D eigenvalue weighted by Crippen LogP contribution is -2.05. The summed E-state index contributed by atoms with van der Waals surface area (Å²) in [5.74, 6) is -0.125. The van der Waals surface area contributed by atoms with Crippen molar-refractivity contribution in [1.82, 2.24) is 4.98 Å². The molecular weight excluding hydrogens is 295 g/mol. The summed E-state index contributed by atoms with van der Waals surface area (Å²) in [6, 6.07) is 4.36. The Morgan fingerprint density at radius 2 is 1.90 bits per heavy atom. The minimum Gasteiger partial charge on any atom is -0.449 e. The summed E-state index contributed by atoms with van der Waals surface area (Å²) in [7, 11) is 0. The van der Waals surface area contributed by atoms with E-state index in [1.165, 1.54) is 12.1 Å². The van der Waals surface area contributed by atoms with Crippen LogP contribution >= 0.6 is 11.3 Å². The number of halogens is 3. The second kappa shape index (κ2) is 5.12. The average molecular weight is 303 g/mol. The Kier molecular flexibility index (Phi) is 3.67. The average Bonchev–Trinajstić information content (AvgIpc) is 2.68. The number of aromatic nitrogens is 1. The topological polar surface area (TPSA) is 59.4 Å². The van der Waals surface area contributed by atoms with Crippen molar-refractivity contribution in [3.8, 4) is 16.3 Å². The molecule has 20 heavy (non-hydrogen) atoms. The monoisotopic (exact) mass is 303 g/mol. The van der Waals surface area contributed by atoms with Gasteiger partial charge >= 0.3 is 12.3 Å². The Morgan fingerprint density at radius 1 is 1.30 bits per heavy atom. The van der Waals surface area contributed by atoms with Crippen LogP contribution in [0.3, 0.4) is 0 Å². The summed E-state index contributed by atoms with van der Waals surface area (Å²) in [5.41, 5.74) is -0.358. The molecule has 0 spiro atoms. The molecule has 0 radical (unpaired) electrons. The molecule has 8 heteroatoms. The van der Waals surface area contributed by atoms with Gasteiger partial charge in [-0.05, 0) is 24.6 Å². The first kappa shape index (κ1) is 14.3. The van der Waals surface area contributed by atoms with Gasteiger partial charge in [-0.2, -0.15) is 13.2 Å². The first-order valence-corrected chi connectivity index (χ1v) is 6.15. The molecule has 0 atom stereocenters. The highest BCUT2D eigenvalue weighted by Gasteiger charge is 2.30. The van der Waals surface area contributed by atoms with E-state index < -0.39 is 17.9 Å². The van der Waals surface area contributed by atoms with Gasteiger partial charge < -0.3 is 9.84 Å². The van der Waals surface area contributed by atoms with Gasteiger partial charge in [0.15, 0.2) is 0 Å². The molecule has 0 aliphatic rings. The van der Waals surface area contributed by atoms with Gasteiger partial charge in [0.25, 0.3) is 0 Å². The lowest BCUT2D eigenvalue weighted by Gasteiger charge is -2.07. The van der Waals surface area contributed by atoms with E-state index in [1.807, 2.05) is 0 Å². The van der Waals surface area contributed by atoms with Crippen LogP contribution in [0.4, 0.5) is 18.0 Å². The highest BCUT2D eigenvalue weighted by molar-refractivity contribution is 7.15. The second-order valence-electron chi connectivity index (χ2n) is 3.81. The summed E-state index contributed by atoms with van der Waals surface area (Å²) in [6.45, 7) is 1.65. The number of nitrogens with zero attached hydrogens (tertiary/aromatic N) is 1. The van der Waals surface area contributed by atoms with E-state index >= 15 is 0 Å². The van der Waals surface area contributed by atoms with Gasteiger partial charge in [-0.3, -0.25) is 0 Å². The largest absolute Gasteiger partial charge is 0.512 e. The molecule has 1 N–H and O–H groups in total. The van der Waals surface area contributed by atoms with Crippen molar-refractivity contribution in [2.24, 2.45) is 0 Å². The molecule has 0 aliphatic heterocycles. The molecule has 0 bridgehead atoms. The number of carboxylic acid groups (broad SMARTS) is 1. The summed E-state index contributed by atoms with van der Waals surface area (Å²) in [5, 5.41) is 9.14. The molecule has 4 nitrogen and oxygen atoms in total. The van der Waals surface area contributed by atoms with Crippen molar-refractivity contribution in [3.05, 3.63) is 34.8 Å². The number of carbonyl (C=O) groups is 1. The van der Waals surface area contributed by atoms with Crippen molar-refractivity contribution in [1.29, 1.82) is 0 Å². The number of aryl methyl sites for hydroxylation is 1. The number of hydrogen-bond donors (Lipinski definition) is 1. The van der Waals surface area contributed by atoms with Gasteiger partial charge in [-0.25, -0.2) is 9.78 Å². The fourth-order valence-electron chi connectivity index (χ4n) is 1.55. The molecule has 0 saturated heterocycles. The fraction of sp³-hybridized carbons (Fsp3) is 0.167. The molecule has 0 amide bonds. The van der Waals surface area contributed by atoms with Gasteiger partial charge in [-0.1, -0.05) is 12.1 Å². The molecule has 0 fully saturated rings. The quantitative estimate of drug-likeness (QED) is 0.845. The zero-order valence-corrected chi connectivity index (χ0v) is 10.9. The molecule has 0 unspecified atom stereocenters. The number of alkyl halides is 3. The predicted octanol–water partition coefficient (Wildman–Crippen LogP) is 4.19. The van der Waals surface area contributed by atoms with Crippen LogP contribution in [-0.2, 0) is 6.18 Å². The van der Waals surface area contributed by atoms with Gasteiger partial charge in [0.2, 0.25) is 5.88 Å². The lowest BCUT2D eigenvalue weighted by atomic mass is 10.1. The Morgan fingerprint density at radius 3 is 2.40 bits per heavy atom. The molecule has 2 rings (SSSR count). The molecule has 1 aromatic heterocycles. The summed E-state index contributed by atoms with van der Waals surface area (Å²) < 4.78 is 41.9. The molecule has 0 saturated carbocycles. The SMILES string of the molecule is Cc1nc(OC(=O)O)c(-c2ccc(C(F)(F)F)cc2)s1. The first-order chi connectivity index (χ1) is 9.27. The Hall–Kier alpha value is -2.09. The van der Waals surface area contributed by atoms with Crippen molar-refractivity contribution in [2.45, 2.75) is 13.1 Å². The van der Waals surface area contributed by atoms with Crippen LogP contribution in [-0.4, -0.2) is 16.2 Å². The van der Waals surface area contributed by atoms with Crippen molar-refractivity contribution in [2.75, 3.05) is 0 Å². The van der Waals surface area contributed by atoms with E-state index in [0.717, 1.165) is 23.5 Å². The zero-order chi connectivity index (χ0) is 14.9. The van der Waals surface area contributed by atoms with Crippen LogP contribution in [0.2, 0.25) is 0 Å². The second-order valence-corrected chi connectivity index (χ2v) is 5.01. The Bertz CT molecular complexity index is 634. The van der Waals surface area contributed by atoms with Crippen molar-refractivity contribution in [3.63, 3.8) is 0 Å². The van der Waals surface area contributed by atoms with E-state index in [-0.39, 0.29) is 5.88 Å². The first-order valence-electron chi connectivity index (χ1n) is 5.33. The summed E-state index contributed by atoms with van der Waals surface area (Å²) in [6.07, 6.45) is -5.94. The van der Waals surface area contributed by atoms with Crippen molar-refractivity contribution < 1.29 is 27.8 Å². The maximum absolute atomic E-state index is 12.5. The third-order valence-electron chi connectivity index (χ3n) is 2.36. The number of ether oxygens (including phenoxy) is 1. The highest BCUT2D eigenvalue weighted by Crippen LogP contribution is 2.37. The molecular formula is C12H8F3NO3S. The van der Waals surface area contributed by atoms with Crippen LogP contribution in [0.15, 0.2) is 24.3 Å². The normalized spacial score (nSPS) is 11.4. The molecule has 0 aliphatic carbocycles. The van der Waals surface area contributed by atoms with Crippen LogP contribution < -0.4 is 4.74 Å². The lowest BCUT2D eigenvalue weighted by molar-refractivity contribution is -0.137. The Labute approximate surface area is 115 Å². The van der Waals surface area contributed by atoms with Crippen LogP contribution in [0, 0.1) is 6.92 Å². The van der Waals surface area contributed by atoms with Gasteiger partial charge in [-0.15, -0.1) is 11.3 Å². The van der Waals surface area contributed by atoms with E-state index in [9.17, 15) is 18.0 Å². The maximum Gasteiger partial charge on any atom is 0.512 e. The highest BCUT2D eigenvalue weighted by atomic mass is 32.1. The van der Waals surface area contributed by atoms with E-state index in [4.69, 9.17) is 5.11 Å². The molecule has 1 aromatic carbocycles. The van der Waals surface area contributed by atoms with Crippen LogP contribution in [0.25, 0.3) is 10.4 Å². The standard InChI is InChI=1S/C12H8F3NO3S/c1-6-16-10(19-11(17)18)9(20-6)7-2-4-8(5-3-7)12(13,14)15/h2-5H,1H3,(H,17,18). The predicted molar refractivity (Wildman–Crippen MR) is 65.9 cm³/mol. The van der Waals surface area contributed by atoms with Crippen LogP contribution in [0.5, 0.6) is 5.88 Å². The number of thiazole rings is 1. The Balaban J connectivity index is 2.39. The number of benzene rings is 1. The molecule has 2 aromatic rings. The number of rotatable bonds is 2. The summed E-state index contributed by atoms with van der Waals surface area (Å²) in [4.78, 5) is 14.8. The summed E-state index contributed by atoms with van der Waals surface area (Å²) >= 11 is 1.14. The van der Waals surface area contributed by atoms with Gasteiger partial charge in [0.05, 0.1) is 15.4 Å². The molecule has 1 heterocycles. The minimum absolute atomic E-state index is 0.125. The third kappa shape index (κ3) is 3.08. The smallest absolute Gasteiger partial charge is 0.449 e.